The molecule has 3 aromatic heterocycles. The van der Waals surface area contributed by atoms with Gasteiger partial charge in [0.15, 0.2) is 11.2 Å². The fraction of sp³-hybridized carbons (Fsp3) is 0.0588. The van der Waals surface area contributed by atoms with Crippen LogP contribution in [0.4, 0.5) is 0 Å². The van der Waals surface area contributed by atoms with Crippen molar-refractivity contribution in [3.05, 3.63) is 78.8 Å². The van der Waals surface area contributed by atoms with Gasteiger partial charge in [-0.2, -0.15) is 0 Å². The summed E-state index contributed by atoms with van der Waals surface area (Å²) >= 11 is 0. The molecule has 7 heteroatoms. The van der Waals surface area contributed by atoms with Gasteiger partial charge < -0.3 is 14.1 Å². The van der Waals surface area contributed by atoms with Crippen molar-refractivity contribution in [2.45, 2.75) is 6.42 Å². The molecule has 7 nitrogen and oxygen atoms in total. The van der Waals surface area contributed by atoms with E-state index in [2.05, 4.69) is 19.9 Å². The highest BCUT2D eigenvalue weighted by atomic mass is 16.1. The van der Waals surface area contributed by atoms with Crippen LogP contribution in [-0.4, -0.2) is 29.1 Å². The lowest BCUT2D eigenvalue weighted by molar-refractivity contribution is 0.824. The predicted octanol–water partition coefficient (Wildman–Crippen LogP) is 2.09. The maximum absolute atomic E-state index is 11.6. The molecular weight excluding hydrogens is 304 g/mol. The van der Waals surface area contributed by atoms with Crippen molar-refractivity contribution in [2.75, 3.05) is 0 Å². The highest BCUT2D eigenvalue weighted by Crippen LogP contribution is 2.18. The van der Waals surface area contributed by atoms with Crippen LogP contribution in [0.5, 0.6) is 0 Å². The van der Waals surface area contributed by atoms with Crippen LogP contribution >= 0.6 is 0 Å². The number of aromatic amines is 1. The van der Waals surface area contributed by atoms with E-state index in [1.54, 1.807) is 17.1 Å². The van der Waals surface area contributed by atoms with Crippen LogP contribution in [0.3, 0.4) is 0 Å². The van der Waals surface area contributed by atoms with E-state index in [9.17, 15) is 4.79 Å². The number of nitrogens with zero attached hydrogens (tertiary/aromatic N) is 5. The summed E-state index contributed by atoms with van der Waals surface area (Å²) in [5.74, 6) is 0.883. The normalized spacial score (nSPS) is 11.2. The molecule has 0 bridgehead atoms. The first-order valence-corrected chi connectivity index (χ1v) is 7.48. The van der Waals surface area contributed by atoms with Crippen molar-refractivity contribution in [1.29, 1.82) is 0 Å². The summed E-state index contributed by atoms with van der Waals surface area (Å²) in [5, 5.41) is 0. The highest BCUT2D eigenvalue weighted by Gasteiger charge is 2.09. The molecule has 118 valence electrons. The van der Waals surface area contributed by atoms with Gasteiger partial charge in [0.25, 0.3) is 5.56 Å². The molecule has 0 amide bonds. The number of fused-ring (bicyclic) bond motifs is 1. The number of rotatable bonds is 5. The second-order valence-corrected chi connectivity index (χ2v) is 5.18. The highest BCUT2D eigenvalue weighted by molar-refractivity contribution is 5.69. The summed E-state index contributed by atoms with van der Waals surface area (Å²) in [7, 11) is 0. The standard InChI is InChI=1S/C17H14N6O/c24-17-14-16(19-11-20-17)23(12-21-14)9-4-8-22-10-7-18-15(22)13-5-2-1-3-6-13/h1-3,5-12H,4H2,(H,19,20,24). The van der Waals surface area contributed by atoms with Crippen molar-refractivity contribution >= 4 is 11.2 Å². The minimum atomic E-state index is -0.239. The van der Waals surface area contributed by atoms with Crippen LogP contribution in [0, 0.1) is 13.1 Å². The largest absolute Gasteiger partial charge is 0.326 e. The van der Waals surface area contributed by atoms with Gasteiger partial charge in [0.2, 0.25) is 0 Å². The Bertz CT molecular complexity index is 1010. The number of H-pyrrole nitrogens is 1. The van der Waals surface area contributed by atoms with Gasteiger partial charge in [-0.3, -0.25) is 4.79 Å². The number of nitrogens with one attached hydrogen (secondary N) is 1. The fourth-order valence-corrected chi connectivity index (χ4v) is 2.54. The Morgan fingerprint density at radius 1 is 1.04 bits per heavy atom. The molecule has 24 heavy (non-hydrogen) atoms. The molecule has 1 N–H and O–H groups in total. The predicted molar refractivity (Wildman–Crippen MR) is 89.8 cm³/mol. The van der Waals surface area contributed by atoms with E-state index in [4.69, 9.17) is 0 Å². The Kier molecular flexibility index (Phi) is 3.66. The van der Waals surface area contributed by atoms with E-state index in [1.165, 1.54) is 6.33 Å². The van der Waals surface area contributed by atoms with Crippen molar-refractivity contribution in [1.82, 2.24) is 29.1 Å². The Hall–Kier alpha value is -3.22. The van der Waals surface area contributed by atoms with E-state index in [0.29, 0.717) is 17.6 Å². The second kappa shape index (κ2) is 6.11. The molecule has 0 aliphatic rings. The Morgan fingerprint density at radius 3 is 2.75 bits per heavy atom. The average molecular weight is 318 g/mol. The molecule has 4 rings (SSSR count). The van der Waals surface area contributed by atoms with Crippen LogP contribution in [0.25, 0.3) is 22.6 Å². The van der Waals surface area contributed by atoms with Crippen LogP contribution in [-0.2, 0) is 0 Å². The van der Waals surface area contributed by atoms with E-state index in [1.807, 2.05) is 54.2 Å². The van der Waals surface area contributed by atoms with Gasteiger partial charge in [0.05, 0.1) is 25.7 Å². The minimum absolute atomic E-state index is 0.239. The van der Waals surface area contributed by atoms with Crippen LogP contribution < -0.4 is 5.56 Å². The van der Waals surface area contributed by atoms with E-state index in [-0.39, 0.29) is 5.56 Å². The number of hydrogen-bond donors (Lipinski definition) is 1. The monoisotopic (exact) mass is 318 g/mol. The van der Waals surface area contributed by atoms with Gasteiger partial charge in [-0.05, 0) is 6.42 Å². The quantitative estimate of drug-likeness (QED) is 0.611. The fourth-order valence-electron chi connectivity index (χ4n) is 2.54. The average Bonchev–Trinajstić information content (AvgIpc) is 3.24. The molecule has 0 unspecified atom stereocenters. The number of hydrogen-bond acceptors (Lipinski definition) is 4. The molecule has 1 aromatic carbocycles. The molecule has 0 fully saturated rings. The molecule has 3 heterocycles. The number of imidazole rings is 2. The second-order valence-electron chi connectivity index (χ2n) is 5.18. The van der Waals surface area contributed by atoms with Crippen LogP contribution in [0.1, 0.15) is 6.42 Å². The molecule has 0 aliphatic heterocycles. The first-order chi connectivity index (χ1) is 11.8. The third-order valence-corrected chi connectivity index (χ3v) is 3.67. The lowest BCUT2D eigenvalue weighted by Gasteiger charge is -2.07. The zero-order chi connectivity index (χ0) is 16.4. The summed E-state index contributed by atoms with van der Waals surface area (Å²) in [4.78, 5) is 26.8. The van der Waals surface area contributed by atoms with Crippen molar-refractivity contribution in [3.8, 4) is 11.4 Å². The third kappa shape index (κ3) is 2.60. The van der Waals surface area contributed by atoms with Crippen molar-refractivity contribution < 1.29 is 0 Å². The Balaban J connectivity index is 1.49. The van der Waals surface area contributed by atoms with Crippen LogP contribution in [0.2, 0.25) is 0 Å². The zero-order valence-electron chi connectivity index (χ0n) is 12.7. The third-order valence-electron chi connectivity index (χ3n) is 3.67. The summed E-state index contributed by atoms with van der Waals surface area (Å²) in [6.07, 6.45) is 7.28. The summed E-state index contributed by atoms with van der Waals surface area (Å²) in [6, 6.07) is 10.0. The van der Waals surface area contributed by atoms with Gasteiger partial charge in [0, 0.05) is 18.0 Å². The lowest BCUT2D eigenvalue weighted by Crippen LogP contribution is -2.07. The molecule has 4 aromatic rings. The van der Waals surface area contributed by atoms with Crippen LogP contribution in [0.15, 0.2) is 60.2 Å². The molecule has 2 radical (unpaired) electrons. The van der Waals surface area contributed by atoms with Crippen molar-refractivity contribution in [3.63, 3.8) is 0 Å². The zero-order valence-corrected chi connectivity index (χ0v) is 12.7. The van der Waals surface area contributed by atoms with Gasteiger partial charge in [-0.25, -0.2) is 15.0 Å². The van der Waals surface area contributed by atoms with Gasteiger partial charge >= 0.3 is 0 Å². The first-order valence-electron chi connectivity index (χ1n) is 7.48. The van der Waals surface area contributed by atoms with Gasteiger partial charge in [-0.1, -0.05) is 30.3 Å². The number of aromatic nitrogens is 6. The molecule has 0 atom stereocenters. The van der Waals surface area contributed by atoms with Gasteiger partial charge in [0.1, 0.15) is 5.82 Å². The summed E-state index contributed by atoms with van der Waals surface area (Å²) in [6.45, 7) is 3.92. The Morgan fingerprint density at radius 2 is 1.88 bits per heavy atom. The van der Waals surface area contributed by atoms with Gasteiger partial charge in [-0.15, -0.1) is 0 Å². The number of benzene rings is 1. The lowest BCUT2D eigenvalue weighted by atomic mass is 10.2. The van der Waals surface area contributed by atoms with E-state index in [0.717, 1.165) is 11.4 Å². The SMILES string of the molecule is O=c1[nH]cnc2c1ncn2[CH]C[CH]n1ccnc1-c1ccccc1. The Labute approximate surface area is 137 Å². The maximum atomic E-state index is 11.6. The topological polar surface area (TPSA) is 81.4 Å². The molecule has 0 aliphatic carbocycles. The van der Waals surface area contributed by atoms with Crippen molar-refractivity contribution in [2.24, 2.45) is 0 Å². The smallest absolute Gasteiger partial charge is 0.278 e. The first kappa shape index (κ1) is 14.4. The molecule has 0 spiro atoms. The summed E-state index contributed by atoms with van der Waals surface area (Å²) < 4.78 is 3.73. The minimum Gasteiger partial charge on any atom is -0.326 e. The summed E-state index contributed by atoms with van der Waals surface area (Å²) in [5.41, 5.74) is 1.69. The maximum Gasteiger partial charge on any atom is 0.278 e. The molecule has 0 saturated carbocycles. The molecular formula is C17H14N6O. The molecule has 0 saturated heterocycles. The van der Waals surface area contributed by atoms with E-state index < -0.39 is 0 Å². The van der Waals surface area contributed by atoms with E-state index >= 15 is 0 Å².